The Morgan fingerprint density at radius 2 is 1.95 bits per heavy atom. The van der Waals surface area contributed by atoms with Crippen molar-refractivity contribution >= 4 is 15.9 Å². The Hall–Kier alpha value is -1.46. The Labute approximate surface area is 124 Å². The average Bonchev–Trinajstić information content (AvgIpc) is 2.42. The van der Waals surface area contributed by atoms with Gasteiger partial charge in [-0.25, -0.2) is 8.78 Å². The minimum Gasteiger partial charge on any atom is -0.496 e. The molecule has 0 bridgehead atoms. The van der Waals surface area contributed by atoms with Crippen LogP contribution in [0.25, 0.3) is 0 Å². The summed E-state index contributed by atoms with van der Waals surface area (Å²) in [5.41, 5.74) is 7.21. The van der Waals surface area contributed by atoms with E-state index in [-0.39, 0.29) is 5.82 Å². The van der Waals surface area contributed by atoms with E-state index in [9.17, 15) is 8.78 Å². The molecule has 20 heavy (non-hydrogen) atoms. The molecule has 0 radical (unpaired) electrons. The summed E-state index contributed by atoms with van der Waals surface area (Å²) in [5, 5.41) is 0. The summed E-state index contributed by atoms with van der Waals surface area (Å²) in [4.78, 5) is 0. The number of ether oxygens (including phenoxy) is 1. The molecular formula is C15H14BrF2NO. The van der Waals surface area contributed by atoms with Gasteiger partial charge in [0, 0.05) is 11.6 Å². The molecule has 2 nitrogen and oxygen atoms in total. The van der Waals surface area contributed by atoms with Crippen molar-refractivity contribution < 1.29 is 13.5 Å². The normalized spacial score (nSPS) is 12.2. The van der Waals surface area contributed by atoms with Crippen LogP contribution in [0.2, 0.25) is 0 Å². The number of methoxy groups -OCH3 is 1. The third-order valence-electron chi connectivity index (χ3n) is 3.04. The van der Waals surface area contributed by atoms with Crippen LogP contribution in [0.4, 0.5) is 8.78 Å². The molecular weight excluding hydrogens is 328 g/mol. The van der Waals surface area contributed by atoms with Crippen molar-refractivity contribution in [2.45, 2.75) is 12.5 Å². The smallest absolute Gasteiger partial charge is 0.137 e. The summed E-state index contributed by atoms with van der Waals surface area (Å²) < 4.78 is 32.6. The van der Waals surface area contributed by atoms with E-state index in [2.05, 4.69) is 15.9 Å². The second kappa shape index (κ2) is 6.33. The third kappa shape index (κ3) is 3.16. The number of nitrogens with two attached hydrogens (primary N) is 1. The highest BCUT2D eigenvalue weighted by atomic mass is 79.9. The number of benzene rings is 2. The van der Waals surface area contributed by atoms with Gasteiger partial charge in [0.15, 0.2) is 0 Å². The molecule has 0 heterocycles. The lowest BCUT2D eigenvalue weighted by Crippen LogP contribution is -2.16. The van der Waals surface area contributed by atoms with Crippen LogP contribution in [-0.2, 0) is 6.42 Å². The Kier molecular flexibility index (Phi) is 4.73. The fourth-order valence-corrected chi connectivity index (χ4v) is 2.50. The molecule has 1 unspecified atom stereocenters. The molecule has 5 heteroatoms. The van der Waals surface area contributed by atoms with Crippen molar-refractivity contribution in [2.75, 3.05) is 7.11 Å². The first kappa shape index (κ1) is 14.9. The molecule has 0 aliphatic carbocycles. The van der Waals surface area contributed by atoms with Gasteiger partial charge in [-0.3, -0.25) is 0 Å². The molecule has 1 atom stereocenters. The predicted molar refractivity (Wildman–Crippen MR) is 77.7 cm³/mol. The van der Waals surface area contributed by atoms with Gasteiger partial charge >= 0.3 is 0 Å². The summed E-state index contributed by atoms with van der Waals surface area (Å²) in [5.74, 6) is -0.331. The van der Waals surface area contributed by atoms with Gasteiger partial charge in [0.05, 0.1) is 11.6 Å². The Balaban J connectivity index is 2.28. The highest BCUT2D eigenvalue weighted by Crippen LogP contribution is 2.29. The maximum absolute atomic E-state index is 13.9. The molecule has 2 N–H and O–H groups in total. The zero-order valence-corrected chi connectivity index (χ0v) is 12.5. The summed E-state index contributed by atoms with van der Waals surface area (Å²) >= 11 is 3.12. The van der Waals surface area contributed by atoms with Crippen LogP contribution < -0.4 is 10.5 Å². The third-order valence-corrected chi connectivity index (χ3v) is 3.65. The molecule has 0 saturated heterocycles. The molecule has 0 spiro atoms. The van der Waals surface area contributed by atoms with Crippen molar-refractivity contribution in [3.63, 3.8) is 0 Å². The fourth-order valence-electron chi connectivity index (χ4n) is 2.08. The van der Waals surface area contributed by atoms with E-state index in [4.69, 9.17) is 10.5 Å². The molecule has 0 aliphatic rings. The molecule has 106 valence electrons. The molecule has 0 aliphatic heterocycles. The van der Waals surface area contributed by atoms with Gasteiger partial charge in [-0.05, 0) is 52.2 Å². The number of hydrogen-bond donors (Lipinski definition) is 1. The van der Waals surface area contributed by atoms with E-state index in [0.29, 0.717) is 22.2 Å². The number of rotatable bonds is 4. The van der Waals surface area contributed by atoms with E-state index in [1.165, 1.54) is 19.2 Å². The summed E-state index contributed by atoms with van der Waals surface area (Å²) in [6, 6.07) is 8.64. The van der Waals surface area contributed by atoms with Crippen LogP contribution in [0.5, 0.6) is 5.75 Å². The largest absolute Gasteiger partial charge is 0.496 e. The van der Waals surface area contributed by atoms with Gasteiger partial charge in [0.25, 0.3) is 0 Å². The molecule has 0 saturated carbocycles. The first-order chi connectivity index (χ1) is 9.52. The van der Waals surface area contributed by atoms with Crippen LogP contribution in [0.3, 0.4) is 0 Å². The SMILES string of the molecule is COc1cccc(F)c1C(N)Cc1ccc(F)c(Br)c1. The standard InChI is InChI=1S/C15H14BrF2NO/c1-20-14-4-2-3-12(18)15(14)13(19)8-9-5-6-11(17)10(16)7-9/h2-7,13H,8,19H2,1H3. The highest BCUT2D eigenvalue weighted by Gasteiger charge is 2.17. The van der Waals surface area contributed by atoms with Crippen molar-refractivity contribution in [1.29, 1.82) is 0 Å². The molecule has 2 aromatic carbocycles. The lowest BCUT2D eigenvalue weighted by molar-refractivity contribution is 0.399. The van der Waals surface area contributed by atoms with E-state index in [1.807, 2.05) is 0 Å². The maximum atomic E-state index is 13.9. The van der Waals surface area contributed by atoms with Gasteiger partial charge in [-0.2, -0.15) is 0 Å². The number of halogens is 3. The van der Waals surface area contributed by atoms with E-state index in [0.717, 1.165) is 5.56 Å². The minimum atomic E-state index is -0.566. The molecule has 0 fully saturated rings. The lowest BCUT2D eigenvalue weighted by atomic mass is 9.98. The van der Waals surface area contributed by atoms with Gasteiger partial charge in [0.2, 0.25) is 0 Å². The van der Waals surface area contributed by atoms with Crippen molar-refractivity contribution in [3.05, 3.63) is 63.6 Å². The van der Waals surface area contributed by atoms with Crippen LogP contribution in [-0.4, -0.2) is 7.11 Å². The summed E-state index contributed by atoms with van der Waals surface area (Å²) in [6.45, 7) is 0. The van der Waals surface area contributed by atoms with Gasteiger partial charge in [-0.15, -0.1) is 0 Å². The van der Waals surface area contributed by atoms with E-state index >= 15 is 0 Å². The van der Waals surface area contributed by atoms with Crippen molar-refractivity contribution in [2.24, 2.45) is 5.73 Å². The highest BCUT2D eigenvalue weighted by molar-refractivity contribution is 9.10. The monoisotopic (exact) mass is 341 g/mol. The zero-order chi connectivity index (χ0) is 14.7. The Morgan fingerprint density at radius 3 is 2.60 bits per heavy atom. The Bertz CT molecular complexity index is 619. The Morgan fingerprint density at radius 1 is 1.20 bits per heavy atom. The molecule has 0 amide bonds. The minimum absolute atomic E-state index is 0.329. The number of hydrogen-bond acceptors (Lipinski definition) is 2. The van der Waals surface area contributed by atoms with Gasteiger partial charge in [0.1, 0.15) is 17.4 Å². The van der Waals surface area contributed by atoms with Gasteiger partial charge < -0.3 is 10.5 Å². The van der Waals surface area contributed by atoms with Crippen LogP contribution in [0, 0.1) is 11.6 Å². The van der Waals surface area contributed by atoms with E-state index < -0.39 is 11.9 Å². The summed E-state index contributed by atoms with van der Waals surface area (Å²) in [6.07, 6.45) is 0.385. The van der Waals surface area contributed by atoms with Crippen LogP contribution in [0.1, 0.15) is 17.2 Å². The first-order valence-electron chi connectivity index (χ1n) is 6.05. The lowest BCUT2D eigenvalue weighted by Gasteiger charge is -2.16. The van der Waals surface area contributed by atoms with Crippen molar-refractivity contribution in [3.8, 4) is 5.75 Å². The zero-order valence-electron chi connectivity index (χ0n) is 10.9. The second-order valence-corrected chi connectivity index (χ2v) is 5.27. The quantitative estimate of drug-likeness (QED) is 0.912. The van der Waals surface area contributed by atoms with Crippen molar-refractivity contribution in [1.82, 2.24) is 0 Å². The maximum Gasteiger partial charge on any atom is 0.137 e. The molecule has 2 rings (SSSR count). The first-order valence-corrected chi connectivity index (χ1v) is 6.84. The van der Waals surface area contributed by atoms with Crippen LogP contribution >= 0.6 is 15.9 Å². The second-order valence-electron chi connectivity index (χ2n) is 4.41. The predicted octanol–water partition coefficient (Wildman–Crippen LogP) is 3.98. The van der Waals surface area contributed by atoms with Gasteiger partial charge in [-0.1, -0.05) is 12.1 Å². The molecule has 0 aromatic heterocycles. The fraction of sp³-hybridized carbons (Fsp3) is 0.200. The van der Waals surface area contributed by atoms with Crippen LogP contribution in [0.15, 0.2) is 40.9 Å². The molecule has 2 aromatic rings. The topological polar surface area (TPSA) is 35.2 Å². The summed E-state index contributed by atoms with van der Waals surface area (Å²) in [7, 11) is 1.47. The van der Waals surface area contributed by atoms with E-state index in [1.54, 1.807) is 24.3 Å². The average molecular weight is 342 g/mol.